The normalized spacial score (nSPS) is 12.6. The van der Waals surface area contributed by atoms with Gasteiger partial charge < -0.3 is 4.74 Å². The minimum Gasteiger partial charge on any atom is -0.458 e. The molecule has 0 radical (unpaired) electrons. The summed E-state index contributed by atoms with van der Waals surface area (Å²) >= 11 is 0. The first-order chi connectivity index (χ1) is 7.54. The second-order valence-electron chi connectivity index (χ2n) is 4.30. The van der Waals surface area contributed by atoms with Crippen LogP contribution in [0.15, 0.2) is 6.20 Å². The van der Waals surface area contributed by atoms with E-state index in [1.165, 1.54) is 0 Å². The average Bonchev–Trinajstić information content (AvgIpc) is 2.20. The molecule has 0 N–H and O–H groups in total. The minimum atomic E-state index is -0.336. The molecule has 1 aromatic rings. The maximum absolute atomic E-state index is 10.3. The van der Waals surface area contributed by atoms with Crippen LogP contribution >= 0.6 is 0 Å². The maximum atomic E-state index is 10.3. The van der Waals surface area contributed by atoms with Gasteiger partial charge in [0.25, 0.3) is 6.47 Å². The summed E-state index contributed by atoms with van der Waals surface area (Å²) in [4.78, 5) is 19.1. The Kier molecular flexibility index (Phi) is 4.40. The van der Waals surface area contributed by atoms with Gasteiger partial charge in [0.2, 0.25) is 0 Å². The van der Waals surface area contributed by atoms with Crippen molar-refractivity contribution < 1.29 is 9.53 Å². The van der Waals surface area contributed by atoms with Crippen molar-refractivity contribution in [3.8, 4) is 0 Å². The summed E-state index contributed by atoms with van der Waals surface area (Å²) in [6, 6.07) is 0. The highest BCUT2D eigenvalue weighted by atomic mass is 16.5. The van der Waals surface area contributed by atoms with Gasteiger partial charge in [-0.25, -0.2) is 0 Å². The third kappa shape index (κ3) is 3.29. The van der Waals surface area contributed by atoms with Gasteiger partial charge in [0.1, 0.15) is 11.8 Å². The van der Waals surface area contributed by atoms with E-state index in [1.807, 2.05) is 6.92 Å². The van der Waals surface area contributed by atoms with E-state index in [1.54, 1.807) is 13.1 Å². The lowest BCUT2D eigenvalue weighted by atomic mass is 10.1. The Balaban J connectivity index is 2.93. The smallest absolute Gasteiger partial charge is 0.293 e. The molecule has 1 rings (SSSR count). The number of carbonyl (C=O) groups excluding carboxylic acids is 1. The molecule has 0 fully saturated rings. The predicted molar refractivity (Wildman–Crippen MR) is 60.9 cm³/mol. The first-order valence-electron chi connectivity index (χ1n) is 5.46. The molecular weight excluding hydrogens is 204 g/mol. The molecule has 0 aliphatic heterocycles. The summed E-state index contributed by atoms with van der Waals surface area (Å²) in [5.74, 6) is 0.534. The summed E-state index contributed by atoms with van der Waals surface area (Å²) in [6.07, 6.45) is 2.33. The zero-order valence-corrected chi connectivity index (χ0v) is 10.2. The molecule has 1 aromatic heterocycles. The first kappa shape index (κ1) is 12.6. The lowest BCUT2D eigenvalue weighted by Crippen LogP contribution is -2.09. The molecule has 0 amide bonds. The lowest BCUT2D eigenvalue weighted by Gasteiger charge is -2.13. The Hall–Kier alpha value is -1.45. The van der Waals surface area contributed by atoms with E-state index < -0.39 is 0 Å². The molecule has 0 saturated carbocycles. The highest BCUT2D eigenvalue weighted by Crippen LogP contribution is 2.17. The van der Waals surface area contributed by atoms with Gasteiger partial charge in [0, 0.05) is 6.20 Å². The molecule has 0 aliphatic carbocycles. The summed E-state index contributed by atoms with van der Waals surface area (Å²) in [5, 5.41) is 0. The number of hydrogen-bond donors (Lipinski definition) is 0. The minimum absolute atomic E-state index is 0.336. The van der Waals surface area contributed by atoms with Crippen LogP contribution in [0.4, 0.5) is 0 Å². The van der Waals surface area contributed by atoms with Gasteiger partial charge in [-0.2, -0.15) is 0 Å². The second-order valence-corrected chi connectivity index (χ2v) is 4.30. The molecule has 1 atom stereocenters. The van der Waals surface area contributed by atoms with Crippen molar-refractivity contribution >= 4 is 6.47 Å². The van der Waals surface area contributed by atoms with Crippen molar-refractivity contribution in [3.05, 3.63) is 23.3 Å². The standard InChI is InChI=1S/C12H18N2O2/c1-8(2)5-11-6-13-9(3)12(14-11)10(4)16-7-15/h6-8,10H,5H2,1-4H3. The highest BCUT2D eigenvalue weighted by molar-refractivity contribution is 5.38. The summed E-state index contributed by atoms with van der Waals surface area (Å²) in [5.41, 5.74) is 2.49. The molecule has 16 heavy (non-hydrogen) atoms. The highest BCUT2D eigenvalue weighted by Gasteiger charge is 2.13. The Morgan fingerprint density at radius 3 is 2.69 bits per heavy atom. The number of aromatic nitrogens is 2. The van der Waals surface area contributed by atoms with Crippen molar-refractivity contribution in [1.29, 1.82) is 0 Å². The quantitative estimate of drug-likeness (QED) is 0.717. The van der Waals surface area contributed by atoms with Crippen molar-refractivity contribution in [2.45, 2.75) is 40.2 Å². The molecule has 0 aromatic carbocycles. The van der Waals surface area contributed by atoms with Gasteiger partial charge in [-0.3, -0.25) is 14.8 Å². The van der Waals surface area contributed by atoms with Crippen LogP contribution in [0, 0.1) is 12.8 Å². The predicted octanol–water partition coefficient (Wildman–Crippen LogP) is 2.22. The van der Waals surface area contributed by atoms with E-state index in [0.717, 1.165) is 23.5 Å². The van der Waals surface area contributed by atoms with Gasteiger partial charge >= 0.3 is 0 Å². The van der Waals surface area contributed by atoms with Gasteiger partial charge in [-0.1, -0.05) is 13.8 Å². The van der Waals surface area contributed by atoms with Crippen LogP contribution in [0.1, 0.15) is 44.0 Å². The largest absolute Gasteiger partial charge is 0.458 e. The van der Waals surface area contributed by atoms with Crippen LogP contribution in [-0.2, 0) is 16.0 Å². The summed E-state index contributed by atoms with van der Waals surface area (Å²) in [6.45, 7) is 8.37. The maximum Gasteiger partial charge on any atom is 0.293 e. The van der Waals surface area contributed by atoms with E-state index in [0.29, 0.717) is 12.4 Å². The Bertz CT molecular complexity index is 364. The molecular formula is C12H18N2O2. The van der Waals surface area contributed by atoms with E-state index in [9.17, 15) is 4.79 Å². The fourth-order valence-electron chi connectivity index (χ4n) is 1.55. The van der Waals surface area contributed by atoms with Crippen molar-refractivity contribution in [2.24, 2.45) is 5.92 Å². The van der Waals surface area contributed by atoms with E-state index in [4.69, 9.17) is 4.74 Å². The van der Waals surface area contributed by atoms with E-state index >= 15 is 0 Å². The van der Waals surface area contributed by atoms with Crippen LogP contribution in [0.5, 0.6) is 0 Å². The molecule has 1 unspecified atom stereocenters. The van der Waals surface area contributed by atoms with E-state index in [-0.39, 0.29) is 6.10 Å². The van der Waals surface area contributed by atoms with Crippen molar-refractivity contribution in [2.75, 3.05) is 0 Å². The third-order valence-corrected chi connectivity index (χ3v) is 2.30. The van der Waals surface area contributed by atoms with Crippen molar-refractivity contribution in [1.82, 2.24) is 9.97 Å². The van der Waals surface area contributed by atoms with E-state index in [2.05, 4.69) is 23.8 Å². The van der Waals surface area contributed by atoms with Crippen LogP contribution in [0.2, 0.25) is 0 Å². The molecule has 4 heteroatoms. The lowest BCUT2D eigenvalue weighted by molar-refractivity contribution is -0.133. The number of nitrogens with zero attached hydrogens (tertiary/aromatic N) is 2. The number of rotatable bonds is 5. The van der Waals surface area contributed by atoms with Crippen LogP contribution in [0.3, 0.4) is 0 Å². The van der Waals surface area contributed by atoms with Gasteiger partial charge in [0.15, 0.2) is 0 Å². The molecule has 0 aliphatic rings. The SMILES string of the molecule is Cc1ncc(CC(C)C)nc1C(C)OC=O. The molecule has 0 saturated heterocycles. The zero-order valence-electron chi connectivity index (χ0n) is 10.2. The van der Waals surface area contributed by atoms with Crippen LogP contribution in [-0.4, -0.2) is 16.4 Å². The number of hydrogen-bond acceptors (Lipinski definition) is 4. The molecule has 0 bridgehead atoms. The second kappa shape index (κ2) is 5.58. The Labute approximate surface area is 96.1 Å². The first-order valence-corrected chi connectivity index (χ1v) is 5.46. The third-order valence-electron chi connectivity index (χ3n) is 2.30. The Morgan fingerprint density at radius 1 is 1.44 bits per heavy atom. The number of aryl methyl sites for hydroxylation is 1. The fourth-order valence-corrected chi connectivity index (χ4v) is 1.55. The van der Waals surface area contributed by atoms with Crippen molar-refractivity contribution in [3.63, 3.8) is 0 Å². The Morgan fingerprint density at radius 2 is 2.12 bits per heavy atom. The zero-order chi connectivity index (χ0) is 12.1. The van der Waals surface area contributed by atoms with Crippen LogP contribution < -0.4 is 0 Å². The summed E-state index contributed by atoms with van der Waals surface area (Å²) < 4.78 is 4.89. The van der Waals surface area contributed by atoms with Gasteiger partial charge in [-0.15, -0.1) is 0 Å². The number of carbonyl (C=O) groups is 1. The van der Waals surface area contributed by atoms with Gasteiger partial charge in [0.05, 0.1) is 11.4 Å². The molecule has 88 valence electrons. The fraction of sp³-hybridized carbons (Fsp3) is 0.583. The average molecular weight is 222 g/mol. The van der Waals surface area contributed by atoms with Crippen LogP contribution in [0.25, 0.3) is 0 Å². The monoisotopic (exact) mass is 222 g/mol. The molecule has 0 spiro atoms. The number of ether oxygens (including phenoxy) is 1. The van der Waals surface area contributed by atoms with Gasteiger partial charge in [-0.05, 0) is 26.2 Å². The molecule has 1 heterocycles. The summed E-state index contributed by atoms with van der Waals surface area (Å²) in [7, 11) is 0. The topological polar surface area (TPSA) is 52.1 Å². The molecule has 4 nitrogen and oxygen atoms in total.